The molecule has 0 spiro atoms. The van der Waals surface area contributed by atoms with E-state index in [2.05, 4.69) is 30.3 Å². The number of hydrogen-bond donors (Lipinski definition) is 4. The molecule has 0 saturated heterocycles. The lowest BCUT2D eigenvalue weighted by Gasteiger charge is -2.09. The standard InChI is InChI=1S/C14H14N6O2S2.C2HF3O2/c1-15-24(21,22)11-4-2-3-10(5-11)19-12-6-13(18-8-17-12)20-14-7-16-9-23-14;3-2(4,5)1(6)7/h2-9,15H,1H3,(H2,17,18,19,20);(H,6,7). The molecule has 10 nitrogen and oxygen atoms in total. The maximum atomic E-state index is 11.9. The first-order valence-corrected chi connectivity index (χ1v) is 10.5. The lowest BCUT2D eigenvalue weighted by Crippen LogP contribution is -2.21. The number of anilines is 4. The summed E-state index contributed by atoms with van der Waals surface area (Å²) in [4.78, 5) is 21.3. The van der Waals surface area contributed by atoms with Gasteiger partial charge in [-0.3, -0.25) is 4.98 Å². The van der Waals surface area contributed by atoms with E-state index in [4.69, 9.17) is 9.90 Å². The van der Waals surface area contributed by atoms with Gasteiger partial charge in [-0.25, -0.2) is 27.9 Å². The highest BCUT2D eigenvalue weighted by Gasteiger charge is 2.38. The largest absolute Gasteiger partial charge is 0.490 e. The average Bonchev–Trinajstić information content (AvgIpc) is 3.21. The van der Waals surface area contributed by atoms with Gasteiger partial charge in [-0.2, -0.15) is 13.2 Å². The third-order valence-electron chi connectivity index (χ3n) is 3.28. The third-order valence-corrected chi connectivity index (χ3v) is 5.38. The predicted octanol–water partition coefficient (Wildman–Crippen LogP) is 2.96. The molecule has 3 rings (SSSR count). The van der Waals surface area contributed by atoms with E-state index >= 15 is 0 Å². The Hall–Kier alpha value is -3.30. The molecule has 0 unspecified atom stereocenters. The number of aromatic nitrogens is 3. The van der Waals surface area contributed by atoms with E-state index in [1.165, 1.54) is 36.8 Å². The van der Waals surface area contributed by atoms with Crippen LogP contribution in [0.4, 0.5) is 35.5 Å². The summed E-state index contributed by atoms with van der Waals surface area (Å²) in [5, 5.41) is 14.2. The fourth-order valence-corrected chi connectivity index (χ4v) is 3.20. The van der Waals surface area contributed by atoms with E-state index < -0.39 is 22.2 Å². The van der Waals surface area contributed by atoms with Gasteiger partial charge in [0, 0.05) is 11.8 Å². The molecule has 3 aromatic rings. The molecule has 0 bridgehead atoms. The van der Waals surface area contributed by atoms with Gasteiger partial charge < -0.3 is 15.7 Å². The number of benzene rings is 1. The Kier molecular flexibility index (Phi) is 7.84. The summed E-state index contributed by atoms with van der Waals surface area (Å²) in [7, 11) is -2.12. The van der Waals surface area contributed by atoms with Crippen LogP contribution in [0.2, 0.25) is 0 Å². The van der Waals surface area contributed by atoms with Crippen molar-refractivity contribution >= 4 is 49.7 Å². The number of halogens is 3. The maximum Gasteiger partial charge on any atom is 0.490 e. The van der Waals surface area contributed by atoms with Crippen LogP contribution >= 0.6 is 11.3 Å². The molecular formula is C16H15F3N6O4S2. The van der Waals surface area contributed by atoms with Crippen molar-refractivity contribution < 1.29 is 31.5 Å². The van der Waals surface area contributed by atoms with E-state index in [1.807, 2.05) is 0 Å². The predicted molar refractivity (Wildman–Crippen MR) is 107 cm³/mol. The third kappa shape index (κ3) is 7.47. The van der Waals surface area contributed by atoms with Gasteiger partial charge in [-0.05, 0) is 25.2 Å². The molecule has 2 heterocycles. The fraction of sp³-hybridized carbons (Fsp3) is 0.125. The van der Waals surface area contributed by atoms with Crippen LogP contribution in [0, 0.1) is 0 Å². The van der Waals surface area contributed by atoms with Crippen LogP contribution in [-0.2, 0) is 14.8 Å². The first-order valence-electron chi connectivity index (χ1n) is 8.09. The minimum atomic E-state index is -5.08. The monoisotopic (exact) mass is 476 g/mol. The smallest absolute Gasteiger partial charge is 0.475 e. The Balaban J connectivity index is 0.000000423. The number of carboxylic acid groups (broad SMARTS) is 1. The van der Waals surface area contributed by atoms with E-state index in [9.17, 15) is 21.6 Å². The van der Waals surface area contributed by atoms with E-state index in [0.717, 1.165) is 5.00 Å². The Bertz CT molecular complexity index is 1120. The quantitative estimate of drug-likeness (QED) is 0.422. The molecule has 0 aliphatic heterocycles. The Morgan fingerprint density at radius 2 is 1.77 bits per heavy atom. The summed E-state index contributed by atoms with van der Waals surface area (Å²) in [6.07, 6.45) is -1.97. The minimum Gasteiger partial charge on any atom is -0.475 e. The lowest BCUT2D eigenvalue weighted by atomic mass is 10.3. The van der Waals surface area contributed by atoms with Crippen LogP contribution in [0.25, 0.3) is 0 Å². The number of thiazole rings is 1. The van der Waals surface area contributed by atoms with Gasteiger partial charge in [0.2, 0.25) is 10.0 Å². The summed E-state index contributed by atoms with van der Waals surface area (Å²) in [6.45, 7) is 0. The molecule has 0 amide bonds. The van der Waals surface area contributed by atoms with E-state index in [0.29, 0.717) is 17.3 Å². The first-order chi connectivity index (χ1) is 14.5. The number of carboxylic acids is 1. The summed E-state index contributed by atoms with van der Waals surface area (Å²) < 4.78 is 57.7. The molecular weight excluding hydrogens is 461 g/mol. The molecule has 15 heteroatoms. The number of alkyl halides is 3. The average molecular weight is 476 g/mol. The van der Waals surface area contributed by atoms with Crippen LogP contribution < -0.4 is 15.4 Å². The fourth-order valence-electron chi connectivity index (χ4n) is 1.90. The van der Waals surface area contributed by atoms with E-state index in [1.54, 1.807) is 29.9 Å². The Labute approximate surface area is 178 Å². The SMILES string of the molecule is CNS(=O)(=O)c1cccc(Nc2cc(Nc3cncs3)ncn2)c1.O=C(O)C(F)(F)F. The number of carbonyl (C=O) groups is 1. The second kappa shape index (κ2) is 10.1. The highest BCUT2D eigenvalue weighted by molar-refractivity contribution is 7.89. The van der Waals surface area contributed by atoms with Crippen LogP contribution in [0.5, 0.6) is 0 Å². The number of nitrogens with one attached hydrogen (secondary N) is 3. The summed E-state index contributed by atoms with van der Waals surface area (Å²) >= 11 is 1.46. The summed E-state index contributed by atoms with van der Waals surface area (Å²) in [6, 6.07) is 8.19. The first kappa shape index (κ1) is 24.0. The number of sulfonamides is 1. The Morgan fingerprint density at radius 3 is 2.32 bits per heavy atom. The summed E-state index contributed by atoms with van der Waals surface area (Å²) in [5.74, 6) is -1.61. The highest BCUT2D eigenvalue weighted by atomic mass is 32.2. The van der Waals surface area contributed by atoms with Crippen molar-refractivity contribution in [1.29, 1.82) is 0 Å². The van der Waals surface area contributed by atoms with Crippen molar-refractivity contribution in [3.63, 3.8) is 0 Å². The van der Waals surface area contributed by atoms with Gasteiger partial charge in [-0.15, -0.1) is 11.3 Å². The molecule has 0 saturated carbocycles. The summed E-state index contributed by atoms with van der Waals surface area (Å²) in [5.41, 5.74) is 2.32. The topological polar surface area (TPSA) is 146 Å². The van der Waals surface area contributed by atoms with Crippen LogP contribution in [0.3, 0.4) is 0 Å². The number of aliphatic carboxylic acids is 1. The second-order valence-electron chi connectivity index (χ2n) is 5.44. The second-order valence-corrected chi connectivity index (χ2v) is 8.22. The Morgan fingerprint density at radius 1 is 1.13 bits per heavy atom. The van der Waals surface area contributed by atoms with Crippen LogP contribution in [0.15, 0.2) is 53.3 Å². The van der Waals surface area contributed by atoms with Crippen molar-refractivity contribution in [3.8, 4) is 0 Å². The molecule has 0 aliphatic carbocycles. The van der Waals surface area contributed by atoms with Crippen molar-refractivity contribution in [2.75, 3.05) is 17.7 Å². The zero-order valence-electron chi connectivity index (χ0n) is 15.6. The van der Waals surface area contributed by atoms with Gasteiger partial charge in [0.15, 0.2) is 0 Å². The van der Waals surface area contributed by atoms with Crippen molar-refractivity contribution in [2.45, 2.75) is 11.1 Å². The van der Waals surface area contributed by atoms with Crippen molar-refractivity contribution in [1.82, 2.24) is 19.7 Å². The van der Waals surface area contributed by atoms with Gasteiger partial charge in [-0.1, -0.05) is 6.07 Å². The number of nitrogens with zero attached hydrogens (tertiary/aromatic N) is 3. The maximum absolute atomic E-state index is 11.9. The van der Waals surface area contributed by atoms with Gasteiger partial charge in [0.25, 0.3) is 0 Å². The number of rotatable bonds is 6. The van der Waals surface area contributed by atoms with Gasteiger partial charge >= 0.3 is 12.1 Å². The zero-order valence-corrected chi connectivity index (χ0v) is 17.2. The van der Waals surface area contributed by atoms with Gasteiger partial charge in [0.05, 0.1) is 16.6 Å². The number of hydrogen-bond acceptors (Lipinski definition) is 9. The minimum absolute atomic E-state index is 0.173. The molecule has 4 N–H and O–H groups in total. The molecule has 0 fully saturated rings. The molecule has 0 radical (unpaired) electrons. The van der Waals surface area contributed by atoms with E-state index in [-0.39, 0.29) is 4.90 Å². The normalized spacial score (nSPS) is 11.2. The molecule has 0 aliphatic rings. The van der Waals surface area contributed by atoms with Crippen molar-refractivity contribution in [2.24, 2.45) is 0 Å². The van der Waals surface area contributed by atoms with Crippen molar-refractivity contribution in [3.05, 3.63) is 48.4 Å². The van der Waals surface area contributed by atoms with Crippen LogP contribution in [-0.4, -0.2) is 47.7 Å². The molecule has 166 valence electrons. The molecule has 31 heavy (non-hydrogen) atoms. The lowest BCUT2D eigenvalue weighted by molar-refractivity contribution is -0.192. The molecule has 0 atom stereocenters. The molecule has 2 aromatic heterocycles. The van der Waals surface area contributed by atoms with Gasteiger partial charge in [0.1, 0.15) is 23.0 Å². The highest BCUT2D eigenvalue weighted by Crippen LogP contribution is 2.22. The van der Waals surface area contributed by atoms with Crippen LogP contribution in [0.1, 0.15) is 0 Å². The molecule has 1 aromatic carbocycles. The zero-order chi connectivity index (χ0) is 23.1.